The van der Waals surface area contributed by atoms with Crippen LogP contribution in [-0.2, 0) is 14.8 Å². The highest BCUT2D eigenvalue weighted by Crippen LogP contribution is 2.31. The number of benzene rings is 3. The van der Waals surface area contributed by atoms with Gasteiger partial charge in [-0.25, -0.2) is 13.8 Å². The van der Waals surface area contributed by atoms with Gasteiger partial charge in [0, 0.05) is 15.6 Å². The summed E-state index contributed by atoms with van der Waals surface area (Å²) in [6.07, 6.45) is 1.30. The van der Waals surface area contributed by atoms with Crippen molar-refractivity contribution >= 4 is 62.6 Å². The molecule has 1 heterocycles. The zero-order chi connectivity index (χ0) is 25.7. The molecule has 3 aromatic carbocycles. The fraction of sp³-hybridized carbons (Fsp3) is 0.0400. The number of rotatable bonds is 8. The Morgan fingerprint density at radius 1 is 0.917 bits per heavy atom. The van der Waals surface area contributed by atoms with Gasteiger partial charge in [-0.1, -0.05) is 53.0 Å². The third-order valence-corrected chi connectivity index (χ3v) is 7.53. The Balaban J connectivity index is 1.49. The first-order valence-corrected chi connectivity index (χ1v) is 13.0. The summed E-state index contributed by atoms with van der Waals surface area (Å²) in [4.78, 5) is 12.7. The van der Waals surface area contributed by atoms with E-state index in [9.17, 15) is 13.2 Å². The smallest absolute Gasteiger partial charge is 0.264 e. The molecule has 184 valence electrons. The number of anilines is 1. The topological polar surface area (TPSA) is 92.0 Å². The second kappa shape index (κ2) is 11.2. The SMILES string of the molecule is O=C(CN(c1ccc(Cl)cc1)S(=O)(=O)c1ccccc1)N/N=C\c1ccc(-c2ccc(Cl)cc2Cl)o1. The predicted molar refractivity (Wildman–Crippen MR) is 142 cm³/mol. The Morgan fingerprint density at radius 2 is 1.61 bits per heavy atom. The lowest BCUT2D eigenvalue weighted by atomic mass is 10.2. The number of sulfonamides is 1. The van der Waals surface area contributed by atoms with Gasteiger partial charge in [0.05, 0.1) is 21.8 Å². The van der Waals surface area contributed by atoms with Crippen LogP contribution in [0.1, 0.15) is 5.76 Å². The standard InChI is InChI=1S/C25H18Cl3N3O4S/c26-17-6-9-19(10-7-17)31(36(33,34)21-4-2-1-3-5-21)16-25(32)30-29-15-20-11-13-24(35-20)22-12-8-18(27)14-23(22)28/h1-15H,16H2,(H,30,32)/b29-15-. The Labute approximate surface area is 222 Å². The molecule has 0 fully saturated rings. The molecule has 0 bridgehead atoms. The molecule has 0 unspecified atom stereocenters. The summed E-state index contributed by atoms with van der Waals surface area (Å²) >= 11 is 18.1. The summed E-state index contributed by atoms with van der Waals surface area (Å²) in [6.45, 7) is -0.514. The van der Waals surface area contributed by atoms with E-state index < -0.39 is 22.5 Å². The summed E-state index contributed by atoms with van der Waals surface area (Å²) in [5, 5.41) is 5.25. The second-order valence-electron chi connectivity index (χ2n) is 7.42. The van der Waals surface area contributed by atoms with Gasteiger partial charge in [0.25, 0.3) is 15.9 Å². The third-order valence-electron chi connectivity index (χ3n) is 4.94. The van der Waals surface area contributed by atoms with Crippen LogP contribution in [-0.4, -0.2) is 27.1 Å². The molecule has 1 aromatic heterocycles. The molecule has 0 saturated carbocycles. The van der Waals surface area contributed by atoms with Crippen molar-refractivity contribution in [3.8, 4) is 11.3 Å². The van der Waals surface area contributed by atoms with Gasteiger partial charge >= 0.3 is 0 Å². The fourth-order valence-corrected chi connectivity index (χ4v) is 5.30. The molecule has 11 heteroatoms. The van der Waals surface area contributed by atoms with Crippen molar-refractivity contribution in [2.45, 2.75) is 4.90 Å². The normalized spacial score (nSPS) is 11.5. The number of halogens is 3. The Bertz CT molecular complexity index is 1510. The maximum atomic E-state index is 13.3. The zero-order valence-electron chi connectivity index (χ0n) is 18.4. The molecule has 0 radical (unpaired) electrons. The van der Waals surface area contributed by atoms with E-state index in [1.165, 1.54) is 30.5 Å². The lowest BCUT2D eigenvalue weighted by Gasteiger charge is -2.23. The molecule has 1 amide bonds. The van der Waals surface area contributed by atoms with Gasteiger partial charge in [-0.15, -0.1) is 0 Å². The predicted octanol–water partition coefficient (Wildman–Crippen LogP) is 6.25. The van der Waals surface area contributed by atoms with Crippen molar-refractivity contribution in [1.82, 2.24) is 5.43 Å². The number of hydrazone groups is 1. The van der Waals surface area contributed by atoms with Gasteiger partial charge in [-0.2, -0.15) is 5.10 Å². The summed E-state index contributed by atoms with van der Waals surface area (Å²) in [5.41, 5.74) is 3.25. The van der Waals surface area contributed by atoms with E-state index in [2.05, 4.69) is 10.5 Å². The van der Waals surface area contributed by atoms with Crippen molar-refractivity contribution in [2.75, 3.05) is 10.8 Å². The maximum absolute atomic E-state index is 13.3. The van der Waals surface area contributed by atoms with Crippen molar-refractivity contribution in [1.29, 1.82) is 0 Å². The minimum atomic E-state index is -4.04. The quantitative estimate of drug-likeness (QED) is 0.203. The van der Waals surface area contributed by atoms with E-state index in [1.807, 2.05) is 0 Å². The number of hydrogen-bond acceptors (Lipinski definition) is 5. The third kappa shape index (κ3) is 6.09. The van der Waals surface area contributed by atoms with Crippen molar-refractivity contribution in [2.24, 2.45) is 5.10 Å². The number of carbonyl (C=O) groups excluding carboxylic acids is 1. The zero-order valence-corrected chi connectivity index (χ0v) is 21.5. The van der Waals surface area contributed by atoms with E-state index >= 15 is 0 Å². The van der Waals surface area contributed by atoms with Crippen LogP contribution in [0.3, 0.4) is 0 Å². The van der Waals surface area contributed by atoms with Crippen LogP contribution in [0.2, 0.25) is 15.1 Å². The molecule has 36 heavy (non-hydrogen) atoms. The maximum Gasteiger partial charge on any atom is 0.264 e. The highest BCUT2D eigenvalue weighted by atomic mass is 35.5. The van der Waals surface area contributed by atoms with E-state index in [4.69, 9.17) is 39.2 Å². The molecule has 0 aliphatic heterocycles. The number of amides is 1. The van der Waals surface area contributed by atoms with Crippen LogP contribution in [0.15, 0.2) is 99.3 Å². The van der Waals surface area contributed by atoms with Crippen molar-refractivity contribution in [3.05, 3.63) is 106 Å². The van der Waals surface area contributed by atoms with E-state index in [-0.39, 0.29) is 10.6 Å². The average molecular weight is 563 g/mol. The van der Waals surface area contributed by atoms with Crippen LogP contribution in [0, 0.1) is 0 Å². The van der Waals surface area contributed by atoms with E-state index in [1.54, 1.807) is 60.7 Å². The molecule has 0 spiro atoms. The average Bonchev–Trinajstić information content (AvgIpc) is 3.32. The van der Waals surface area contributed by atoms with Gasteiger partial charge in [0.2, 0.25) is 0 Å². The van der Waals surface area contributed by atoms with Crippen LogP contribution in [0.4, 0.5) is 5.69 Å². The number of carbonyl (C=O) groups is 1. The van der Waals surface area contributed by atoms with Gasteiger partial charge in [-0.05, 0) is 66.7 Å². The van der Waals surface area contributed by atoms with E-state index in [0.717, 1.165) is 4.31 Å². The Kier molecular flexibility index (Phi) is 8.01. The highest BCUT2D eigenvalue weighted by Gasteiger charge is 2.27. The molecule has 1 N–H and O–H groups in total. The molecule has 0 aliphatic carbocycles. The summed E-state index contributed by atoms with van der Waals surface area (Å²) in [5.74, 6) is 0.184. The molecule has 0 atom stereocenters. The monoisotopic (exact) mass is 561 g/mol. The van der Waals surface area contributed by atoms with Crippen LogP contribution in [0.5, 0.6) is 0 Å². The molecule has 4 rings (SSSR count). The number of nitrogens with zero attached hydrogens (tertiary/aromatic N) is 2. The summed E-state index contributed by atoms with van der Waals surface area (Å²) < 4.78 is 33.2. The lowest BCUT2D eigenvalue weighted by Crippen LogP contribution is -2.39. The van der Waals surface area contributed by atoms with Crippen molar-refractivity contribution < 1.29 is 17.6 Å². The molecule has 0 aliphatic rings. The first-order chi connectivity index (χ1) is 17.2. The van der Waals surface area contributed by atoms with Gasteiger partial charge in [0.1, 0.15) is 18.1 Å². The molecular formula is C25H18Cl3N3O4S. The number of hydrogen-bond donors (Lipinski definition) is 1. The lowest BCUT2D eigenvalue weighted by molar-refractivity contribution is -0.119. The Hall–Kier alpha value is -3.30. The second-order valence-corrected chi connectivity index (χ2v) is 10.6. The first kappa shape index (κ1) is 25.8. The molecular weight excluding hydrogens is 545 g/mol. The van der Waals surface area contributed by atoms with Gasteiger partial charge in [0.15, 0.2) is 0 Å². The van der Waals surface area contributed by atoms with Crippen LogP contribution < -0.4 is 9.73 Å². The number of furan rings is 1. The van der Waals surface area contributed by atoms with Crippen LogP contribution >= 0.6 is 34.8 Å². The van der Waals surface area contributed by atoms with Crippen molar-refractivity contribution in [3.63, 3.8) is 0 Å². The fourth-order valence-electron chi connectivity index (χ4n) is 3.23. The molecule has 4 aromatic rings. The van der Waals surface area contributed by atoms with Gasteiger partial charge in [-0.3, -0.25) is 9.10 Å². The minimum Gasteiger partial charge on any atom is -0.455 e. The molecule has 0 saturated heterocycles. The Morgan fingerprint density at radius 3 is 2.31 bits per heavy atom. The summed E-state index contributed by atoms with van der Waals surface area (Å²) in [7, 11) is -4.04. The summed E-state index contributed by atoms with van der Waals surface area (Å²) in [6, 6.07) is 22.3. The molecule has 7 nitrogen and oxygen atoms in total. The van der Waals surface area contributed by atoms with E-state index in [0.29, 0.717) is 32.2 Å². The highest BCUT2D eigenvalue weighted by molar-refractivity contribution is 7.92. The number of nitrogens with one attached hydrogen (secondary N) is 1. The first-order valence-electron chi connectivity index (χ1n) is 10.4. The van der Waals surface area contributed by atoms with Gasteiger partial charge < -0.3 is 4.42 Å². The minimum absolute atomic E-state index is 0.0419. The van der Waals surface area contributed by atoms with Crippen LogP contribution in [0.25, 0.3) is 11.3 Å². The largest absolute Gasteiger partial charge is 0.455 e.